The molecule has 0 bridgehead atoms. The number of esters is 1. The summed E-state index contributed by atoms with van der Waals surface area (Å²) < 4.78 is 4.94. The number of carbonyl (C=O) groups excluding carboxylic acids is 1. The van der Waals surface area contributed by atoms with Gasteiger partial charge in [-0.2, -0.15) is 0 Å². The first-order chi connectivity index (χ1) is 6.68. The highest BCUT2D eigenvalue weighted by Crippen LogP contribution is 2.08. The zero-order valence-electron chi connectivity index (χ0n) is 8.69. The number of benzene rings is 1. The van der Waals surface area contributed by atoms with Crippen LogP contribution < -0.4 is 0 Å². The topological polar surface area (TPSA) is 26.3 Å². The molecule has 14 heavy (non-hydrogen) atoms. The van der Waals surface area contributed by atoms with E-state index >= 15 is 0 Å². The monoisotopic (exact) mass is 192 g/mol. The summed E-state index contributed by atoms with van der Waals surface area (Å²) in [6, 6.07) is 10.2. The Morgan fingerprint density at radius 3 is 2.57 bits per heavy atom. The van der Waals surface area contributed by atoms with E-state index in [0.29, 0.717) is 12.5 Å². The van der Waals surface area contributed by atoms with E-state index < -0.39 is 0 Å². The van der Waals surface area contributed by atoms with Crippen LogP contribution in [-0.2, 0) is 16.0 Å². The summed E-state index contributed by atoms with van der Waals surface area (Å²) in [7, 11) is 0. The van der Waals surface area contributed by atoms with E-state index in [1.165, 1.54) is 12.5 Å². The second-order valence-electron chi connectivity index (χ2n) is 3.60. The average molecular weight is 192 g/mol. The van der Waals surface area contributed by atoms with Crippen molar-refractivity contribution < 1.29 is 9.53 Å². The predicted octanol–water partition coefficient (Wildman–Crippen LogP) is 2.43. The van der Waals surface area contributed by atoms with Gasteiger partial charge in [0.25, 0.3) is 0 Å². The van der Waals surface area contributed by atoms with Crippen molar-refractivity contribution >= 4 is 5.97 Å². The molecule has 0 amide bonds. The maximum absolute atomic E-state index is 10.6. The van der Waals surface area contributed by atoms with Gasteiger partial charge in [-0.15, -0.1) is 0 Å². The van der Waals surface area contributed by atoms with Gasteiger partial charge in [-0.3, -0.25) is 4.79 Å². The Morgan fingerprint density at radius 2 is 2.00 bits per heavy atom. The SMILES string of the molecule is CC(=O)OCC(C)Cc1ccccc1. The molecule has 0 aliphatic rings. The number of hydrogen-bond acceptors (Lipinski definition) is 2. The molecular weight excluding hydrogens is 176 g/mol. The molecule has 76 valence electrons. The molecule has 2 heteroatoms. The van der Waals surface area contributed by atoms with Gasteiger partial charge in [0.2, 0.25) is 0 Å². The van der Waals surface area contributed by atoms with Crippen molar-refractivity contribution in [3.63, 3.8) is 0 Å². The van der Waals surface area contributed by atoms with Gasteiger partial charge in [0, 0.05) is 6.92 Å². The summed E-state index contributed by atoms with van der Waals surface area (Å²) in [5.74, 6) is 0.172. The van der Waals surface area contributed by atoms with Crippen molar-refractivity contribution in [3.05, 3.63) is 35.9 Å². The van der Waals surface area contributed by atoms with Gasteiger partial charge in [0.05, 0.1) is 6.61 Å². The van der Waals surface area contributed by atoms with Crippen molar-refractivity contribution in [1.82, 2.24) is 0 Å². The normalized spacial score (nSPS) is 12.1. The van der Waals surface area contributed by atoms with Crippen molar-refractivity contribution in [3.8, 4) is 0 Å². The number of carbonyl (C=O) groups is 1. The number of rotatable bonds is 4. The molecule has 1 aromatic rings. The van der Waals surface area contributed by atoms with Crippen molar-refractivity contribution in [2.75, 3.05) is 6.61 Å². The summed E-state index contributed by atoms with van der Waals surface area (Å²) in [5.41, 5.74) is 1.28. The van der Waals surface area contributed by atoms with Crippen LogP contribution in [0.15, 0.2) is 30.3 Å². The molecule has 1 atom stereocenters. The van der Waals surface area contributed by atoms with E-state index in [4.69, 9.17) is 4.74 Å². The van der Waals surface area contributed by atoms with Gasteiger partial charge in [-0.05, 0) is 17.9 Å². The Hall–Kier alpha value is -1.31. The predicted molar refractivity (Wildman–Crippen MR) is 55.9 cm³/mol. The Morgan fingerprint density at radius 1 is 1.36 bits per heavy atom. The molecule has 0 spiro atoms. The lowest BCUT2D eigenvalue weighted by atomic mass is 10.0. The third-order valence-corrected chi connectivity index (χ3v) is 2.00. The van der Waals surface area contributed by atoms with E-state index in [1.807, 2.05) is 18.2 Å². The molecule has 0 radical (unpaired) electrons. The van der Waals surface area contributed by atoms with Crippen molar-refractivity contribution in [2.45, 2.75) is 20.3 Å². The lowest BCUT2D eigenvalue weighted by molar-refractivity contribution is -0.142. The first-order valence-electron chi connectivity index (χ1n) is 4.86. The lowest BCUT2D eigenvalue weighted by Crippen LogP contribution is -2.11. The Balaban J connectivity index is 2.34. The van der Waals surface area contributed by atoms with Crippen LogP contribution in [0.5, 0.6) is 0 Å². The van der Waals surface area contributed by atoms with Gasteiger partial charge in [-0.1, -0.05) is 37.3 Å². The molecule has 1 aromatic carbocycles. The summed E-state index contributed by atoms with van der Waals surface area (Å²) in [6.07, 6.45) is 0.952. The zero-order valence-corrected chi connectivity index (χ0v) is 8.69. The highest BCUT2D eigenvalue weighted by atomic mass is 16.5. The van der Waals surface area contributed by atoms with Crippen LogP contribution in [0.4, 0.5) is 0 Å². The minimum Gasteiger partial charge on any atom is -0.466 e. The average Bonchev–Trinajstić information content (AvgIpc) is 2.16. The third-order valence-electron chi connectivity index (χ3n) is 2.00. The molecule has 0 N–H and O–H groups in total. The third kappa shape index (κ3) is 4.08. The smallest absolute Gasteiger partial charge is 0.302 e. The molecule has 0 saturated carbocycles. The molecule has 0 aliphatic heterocycles. The summed E-state index contributed by atoms with van der Waals surface area (Å²) in [4.78, 5) is 10.6. The summed E-state index contributed by atoms with van der Waals surface area (Å²) >= 11 is 0. The fourth-order valence-corrected chi connectivity index (χ4v) is 1.34. The summed E-state index contributed by atoms with van der Waals surface area (Å²) in [5, 5.41) is 0. The molecule has 0 aromatic heterocycles. The Kier molecular flexibility index (Phi) is 4.17. The second kappa shape index (κ2) is 5.43. The minimum absolute atomic E-state index is 0.204. The first kappa shape index (κ1) is 10.8. The Labute approximate surface area is 84.9 Å². The van der Waals surface area contributed by atoms with Crippen LogP contribution in [0.25, 0.3) is 0 Å². The van der Waals surface area contributed by atoms with Gasteiger partial charge in [0.15, 0.2) is 0 Å². The standard InChI is InChI=1S/C12H16O2/c1-10(9-14-11(2)13)8-12-6-4-3-5-7-12/h3-7,10H,8-9H2,1-2H3. The van der Waals surface area contributed by atoms with E-state index in [-0.39, 0.29) is 5.97 Å². The number of hydrogen-bond donors (Lipinski definition) is 0. The van der Waals surface area contributed by atoms with Crippen LogP contribution in [0, 0.1) is 5.92 Å². The minimum atomic E-state index is -0.204. The lowest BCUT2D eigenvalue weighted by Gasteiger charge is -2.10. The van der Waals surface area contributed by atoms with Crippen LogP contribution in [0.1, 0.15) is 19.4 Å². The van der Waals surface area contributed by atoms with Crippen LogP contribution in [0.3, 0.4) is 0 Å². The van der Waals surface area contributed by atoms with E-state index in [0.717, 1.165) is 6.42 Å². The molecule has 1 rings (SSSR count). The fraction of sp³-hybridized carbons (Fsp3) is 0.417. The van der Waals surface area contributed by atoms with Crippen LogP contribution in [0.2, 0.25) is 0 Å². The van der Waals surface area contributed by atoms with Crippen LogP contribution in [-0.4, -0.2) is 12.6 Å². The molecule has 0 heterocycles. The second-order valence-corrected chi connectivity index (χ2v) is 3.60. The highest BCUT2D eigenvalue weighted by molar-refractivity contribution is 5.65. The molecule has 0 aliphatic carbocycles. The van der Waals surface area contributed by atoms with Crippen molar-refractivity contribution in [1.29, 1.82) is 0 Å². The van der Waals surface area contributed by atoms with Gasteiger partial charge in [0.1, 0.15) is 0 Å². The van der Waals surface area contributed by atoms with Crippen LogP contribution >= 0.6 is 0 Å². The van der Waals surface area contributed by atoms with Gasteiger partial charge < -0.3 is 4.74 Å². The number of ether oxygens (including phenoxy) is 1. The zero-order chi connectivity index (χ0) is 10.4. The summed E-state index contributed by atoms with van der Waals surface area (Å²) in [6.45, 7) is 4.02. The van der Waals surface area contributed by atoms with Gasteiger partial charge in [-0.25, -0.2) is 0 Å². The largest absolute Gasteiger partial charge is 0.466 e. The molecular formula is C12H16O2. The highest BCUT2D eigenvalue weighted by Gasteiger charge is 2.04. The fourth-order valence-electron chi connectivity index (χ4n) is 1.34. The quantitative estimate of drug-likeness (QED) is 0.685. The molecule has 0 fully saturated rings. The maximum atomic E-state index is 10.6. The molecule has 1 unspecified atom stereocenters. The maximum Gasteiger partial charge on any atom is 0.302 e. The first-order valence-corrected chi connectivity index (χ1v) is 4.86. The van der Waals surface area contributed by atoms with E-state index in [2.05, 4.69) is 19.1 Å². The molecule has 0 saturated heterocycles. The molecule has 2 nitrogen and oxygen atoms in total. The Bertz CT molecular complexity index is 280. The van der Waals surface area contributed by atoms with E-state index in [1.54, 1.807) is 0 Å². The van der Waals surface area contributed by atoms with Crippen molar-refractivity contribution in [2.24, 2.45) is 5.92 Å². The van der Waals surface area contributed by atoms with E-state index in [9.17, 15) is 4.79 Å². The van der Waals surface area contributed by atoms with Gasteiger partial charge >= 0.3 is 5.97 Å².